The van der Waals surface area contributed by atoms with Gasteiger partial charge >= 0.3 is 0 Å². The molecule has 41 heavy (non-hydrogen) atoms. The van der Waals surface area contributed by atoms with Gasteiger partial charge in [0, 0.05) is 41.2 Å². The fourth-order valence-corrected chi connectivity index (χ4v) is 5.60. The number of aliphatic hydroxyl groups excluding tert-OH is 2. The number of aliphatic hydroxyl groups is 2. The Balaban J connectivity index is 1.55. The fraction of sp³-hybridized carbons (Fsp3) is 0.200. The third-order valence-electron chi connectivity index (χ3n) is 7.59. The molecule has 5 atom stereocenters. The van der Waals surface area contributed by atoms with E-state index in [4.69, 9.17) is 9.47 Å². The van der Waals surface area contributed by atoms with Gasteiger partial charge < -0.3 is 55.4 Å². The van der Waals surface area contributed by atoms with E-state index >= 15 is 0 Å². The zero-order chi connectivity index (χ0) is 29.2. The van der Waals surface area contributed by atoms with Crippen LogP contribution in [0.3, 0.4) is 0 Å². The monoisotopic (exact) mass is 562 g/mol. The number of phenols is 7. The normalized spacial score (nSPS) is 23.1. The zero-order valence-electron chi connectivity index (χ0n) is 21.2. The number of rotatable bonds is 3. The van der Waals surface area contributed by atoms with Crippen LogP contribution in [0.5, 0.6) is 51.7 Å². The number of fused-ring (bicyclic) bond motifs is 3. The SMILES string of the molecule is Oc1ccc([C@@H]2c3c(cc(O)c4c3O[C@H](c3ccc(O)c(O)c3)[C@H](O)C4)O[C@H](c3ccc(O)c(O)c3)[C@H]2O)c(O)c1. The highest BCUT2D eigenvalue weighted by molar-refractivity contribution is 5.64. The lowest BCUT2D eigenvalue weighted by Crippen LogP contribution is -2.37. The molecule has 4 aromatic carbocycles. The number of phenolic OH excluding ortho intramolecular Hbond substituents is 7. The molecule has 2 aliphatic heterocycles. The third kappa shape index (κ3) is 4.31. The van der Waals surface area contributed by atoms with Crippen molar-refractivity contribution >= 4 is 0 Å². The lowest BCUT2D eigenvalue weighted by atomic mass is 9.77. The summed E-state index contributed by atoms with van der Waals surface area (Å²) in [5.74, 6) is -3.35. The van der Waals surface area contributed by atoms with E-state index in [1.165, 1.54) is 54.6 Å². The molecule has 0 amide bonds. The molecule has 2 aliphatic rings. The first-order valence-corrected chi connectivity index (χ1v) is 12.7. The van der Waals surface area contributed by atoms with Gasteiger partial charge in [0.05, 0.1) is 6.10 Å². The van der Waals surface area contributed by atoms with Crippen LogP contribution in [0.25, 0.3) is 0 Å². The van der Waals surface area contributed by atoms with Crippen LogP contribution in [0.1, 0.15) is 45.9 Å². The van der Waals surface area contributed by atoms with Crippen LogP contribution < -0.4 is 9.47 Å². The van der Waals surface area contributed by atoms with E-state index in [-0.39, 0.29) is 68.9 Å². The Morgan fingerprint density at radius 3 is 1.83 bits per heavy atom. The summed E-state index contributed by atoms with van der Waals surface area (Å²) in [7, 11) is 0. The minimum Gasteiger partial charge on any atom is -0.508 e. The van der Waals surface area contributed by atoms with Crippen LogP contribution in [0.2, 0.25) is 0 Å². The van der Waals surface area contributed by atoms with Crippen LogP contribution in [0.15, 0.2) is 60.7 Å². The summed E-state index contributed by atoms with van der Waals surface area (Å²) in [4.78, 5) is 0. The standard InChI is InChI=1S/C30H26O11/c31-14-3-4-15(19(34)9-14)25-26-24(40-29(27(25)39)13-2-6-18(33)22(37)8-13)11-20(35)16-10-23(38)28(41-30(16)26)12-1-5-17(32)21(36)7-12/h1-9,11,23,25,27-29,31-39H,10H2/t23-,25-,27+,28-,29-/m1/s1. The van der Waals surface area contributed by atoms with Gasteiger partial charge in [-0.3, -0.25) is 0 Å². The maximum Gasteiger partial charge on any atom is 0.157 e. The predicted molar refractivity (Wildman–Crippen MR) is 142 cm³/mol. The van der Waals surface area contributed by atoms with Crippen LogP contribution in [-0.2, 0) is 6.42 Å². The van der Waals surface area contributed by atoms with Gasteiger partial charge in [0.25, 0.3) is 0 Å². The quantitative estimate of drug-likeness (QED) is 0.166. The van der Waals surface area contributed by atoms with Crippen molar-refractivity contribution in [1.82, 2.24) is 0 Å². The molecule has 9 N–H and O–H groups in total. The molecule has 0 saturated heterocycles. The summed E-state index contributed by atoms with van der Waals surface area (Å²) >= 11 is 0. The summed E-state index contributed by atoms with van der Waals surface area (Å²) in [5, 5.41) is 94.1. The van der Waals surface area contributed by atoms with Crippen LogP contribution in [0.4, 0.5) is 0 Å². The average molecular weight is 563 g/mol. The van der Waals surface area contributed by atoms with Gasteiger partial charge in [0.2, 0.25) is 0 Å². The minimum atomic E-state index is -1.43. The zero-order valence-corrected chi connectivity index (χ0v) is 21.2. The van der Waals surface area contributed by atoms with Crippen molar-refractivity contribution in [3.63, 3.8) is 0 Å². The smallest absolute Gasteiger partial charge is 0.157 e. The van der Waals surface area contributed by atoms with Gasteiger partial charge in [0.15, 0.2) is 29.1 Å². The van der Waals surface area contributed by atoms with Crippen molar-refractivity contribution in [2.45, 2.75) is 36.8 Å². The van der Waals surface area contributed by atoms with E-state index in [0.717, 1.165) is 6.07 Å². The molecule has 0 radical (unpaired) electrons. The highest BCUT2D eigenvalue weighted by atomic mass is 16.5. The first-order valence-electron chi connectivity index (χ1n) is 12.7. The van der Waals surface area contributed by atoms with E-state index < -0.39 is 41.8 Å². The average Bonchev–Trinajstić information content (AvgIpc) is 2.92. The summed E-state index contributed by atoms with van der Waals surface area (Å²) < 4.78 is 12.4. The molecule has 0 aliphatic carbocycles. The summed E-state index contributed by atoms with van der Waals surface area (Å²) in [6, 6.07) is 13.0. The number of aromatic hydroxyl groups is 7. The second kappa shape index (κ2) is 9.58. The van der Waals surface area contributed by atoms with Crippen LogP contribution in [0, 0.1) is 0 Å². The molecule has 4 aromatic rings. The minimum absolute atomic E-state index is 0.0743. The summed E-state index contributed by atoms with van der Waals surface area (Å²) in [5.41, 5.74) is 1.26. The largest absolute Gasteiger partial charge is 0.508 e. The lowest BCUT2D eigenvalue weighted by Gasteiger charge is -2.41. The van der Waals surface area contributed by atoms with E-state index in [1.54, 1.807) is 0 Å². The van der Waals surface area contributed by atoms with Gasteiger partial charge in [-0.1, -0.05) is 18.2 Å². The van der Waals surface area contributed by atoms with Crippen LogP contribution >= 0.6 is 0 Å². The van der Waals surface area contributed by atoms with E-state index in [2.05, 4.69) is 0 Å². The van der Waals surface area contributed by atoms with Crippen molar-refractivity contribution < 1.29 is 55.4 Å². The Hall–Kier alpha value is -5.00. The van der Waals surface area contributed by atoms with Gasteiger partial charge in [0.1, 0.15) is 41.0 Å². The molecule has 0 fully saturated rings. The topological polar surface area (TPSA) is 201 Å². The third-order valence-corrected chi connectivity index (χ3v) is 7.59. The van der Waals surface area contributed by atoms with E-state index in [9.17, 15) is 46.0 Å². The molecule has 0 spiro atoms. The molecule has 0 saturated carbocycles. The number of ether oxygens (including phenoxy) is 2. The first-order chi connectivity index (χ1) is 19.5. The summed E-state index contributed by atoms with van der Waals surface area (Å²) in [6.45, 7) is 0. The van der Waals surface area contributed by atoms with Gasteiger partial charge in [-0.15, -0.1) is 0 Å². The second-order valence-corrected chi connectivity index (χ2v) is 10.2. The Labute approximate surface area is 232 Å². The van der Waals surface area contributed by atoms with Gasteiger partial charge in [-0.25, -0.2) is 0 Å². The Bertz CT molecular complexity index is 1670. The fourth-order valence-electron chi connectivity index (χ4n) is 5.60. The highest BCUT2D eigenvalue weighted by Gasteiger charge is 2.45. The molecule has 6 rings (SSSR count). The Morgan fingerprint density at radius 2 is 1.22 bits per heavy atom. The van der Waals surface area contributed by atoms with Crippen molar-refractivity contribution in [1.29, 1.82) is 0 Å². The Kier molecular flexibility index (Phi) is 6.13. The maximum atomic E-state index is 11.7. The summed E-state index contributed by atoms with van der Waals surface area (Å²) in [6.07, 6.45) is -4.89. The maximum absolute atomic E-state index is 11.7. The number of benzene rings is 4. The molecule has 0 aromatic heterocycles. The first kappa shape index (κ1) is 26.2. The number of hydrogen-bond acceptors (Lipinski definition) is 11. The molecular weight excluding hydrogens is 536 g/mol. The van der Waals surface area contributed by atoms with Crippen molar-refractivity contribution in [3.8, 4) is 51.7 Å². The van der Waals surface area contributed by atoms with Crippen molar-refractivity contribution in [2.24, 2.45) is 0 Å². The van der Waals surface area contributed by atoms with E-state index in [0.29, 0.717) is 5.56 Å². The molecule has 0 bridgehead atoms. The predicted octanol–water partition coefficient (Wildman–Crippen LogP) is 3.29. The molecule has 0 unspecified atom stereocenters. The molecule has 212 valence electrons. The second-order valence-electron chi connectivity index (χ2n) is 10.2. The van der Waals surface area contributed by atoms with Crippen LogP contribution in [-0.4, -0.2) is 58.2 Å². The molecule has 11 heteroatoms. The van der Waals surface area contributed by atoms with Crippen molar-refractivity contribution in [3.05, 3.63) is 88.5 Å². The van der Waals surface area contributed by atoms with Gasteiger partial charge in [-0.05, 0) is 41.5 Å². The van der Waals surface area contributed by atoms with E-state index in [1.807, 2.05) is 0 Å². The molecule has 11 nitrogen and oxygen atoms in total. The highest BCUT2D eigenvalue weighted by Crippen LogP contribution is 2.56. The molecular formula is C30H26O11. The number of hydrogen-bond donors (Lipinski definition) is 9. The Morgan fingerprint density at radius 1 is 0.585 bits per heavy atom. The molecule has 2 heterocycles. The van der Waals surface area contributed by atoms with Gasteiger partial charge in [-0.2, -0.15) is 0 Å². The lowest BCUT2D eigenvalue weighted by molar-refractivity contribution is -0.00244. The van der Waals surface area contributed by atoms with Crippen molar-refractivity contribution in [2.75, 3.05) is 0 Å².